The van der Waals surface area contributed by atoms with E-state index >= 15 is 0 Å². The number of thioether (sulfide) groups is 1. The molecule has 2 aliphatic heterocycles. The molecule has 2 aromatic heterocycles. The summed E-state index contributed by atoms with van der Waals surface area (Å²) in [5.74, 6) is -2.73. The van der Waals surface area contributed by atoms with Gasteiger partial charge in [-0.3, -0.25) is 14.5 Å². The summed E-state index contributed by atoms with van der Waals surface area (Å²) in [7, 11) is 0. The van der Waals surface area contributed by atoms with Gasteiger partial charge in [-0.05, 0) is 31.3 Å². The SMILES string of the molecule is Cc1snnc1SC1=C(C(=O)O)N2C(=O)C(NC(=O)/C(=N\O)c3nc(N)sc3Cl)C2CC1. The smallest absolute Gasteiger partial charge is 0.353 e. The summed E-state index contributed by atoms with van der Waals surface area (Å²) in [4.78, 5) is 43.7. The van der Waals surface area contributed by atoms with Gasteiger partial charge < -0.3 is 21.4 Å². The number of amides is 2. The van der Waals surface area contributed by atoms with Gasteiger partial charge in [-0.1, -0.05) is 44.3 Å². The predicted octanol–water partition coefficient (Wildman–Crippen LogP) is 1.29. The van der Waals surface area contributed by atoms with Crippen molar-refractivity contribution in [2.24, 2.45) is 5.16 Å². The Labute approximate surface area is 197 Å². The standard InChI is InChI=1S/C16H14ClN7O5S3/c1-4-13(21-23-32-4)30-6-3-2-5-7(14(26)24(5)10(6)15(27)28)19-12(25)9(22-29)8-11(17)31-16(18)20-8/h5,7,29H,2-3H2,1H3,(H2,18,20)(H,19,25)(H,27,28)/b22-9-. The lowest BCUT2D eigenvalue weighted by Gasteiger charge is -2.50. The van der Waals surface area contributed by atoms with Gasteiger partial charge in [-0.25, -0.2) is 9.78 Å². The van der Waals surface area contributed by atoms with Crippen LogP contribution >= 0.6 is 46.2 Å². The van der Waals surface area contributed by atoms with Crippen molar-refractivity contribution in [1.82, 2.24) is 24.8 Å². The van der Waals surface area contributed by atoms with Crippen LogP contribution in [0.25, 0.3) is 0 Å². The Morgan fingerprint density at radius 3 is 2.75 bits per heavy atom. The van der Waals surface area contributed by atoms with Gasteiger partial charge in [-0.15, -0.1) is 5.10 Å². The van der Waals surface area contributed by atoms with E-state index in [0.717, 1.165) is 21.1 Å². The Balaban J connectivity index is 1.54. The average molecular weight is 516 g/mol. The predicted molar refractivity (Wildman–Crippen MR) is 117 cm³/mol. The van der Waals surface area contributed by atoms with Gasteiger partial charge in [0.1, 0.15) is 26.8 Å². The molecule has 4 rings (SSSR count). The number of aliphatic carboxylic acids is 1. The number of nitrogens with zero attached hydrogens (tertiary/aromatic N) is 5. The molecule has 1 saturated heterocycles. The number of nitrogens with one attached hydrogen (secondary N) is 1. The zero-order valence-corrected chi connectivity index (χ0v) is 19.3. The Kier molecular flexibility index (Phi) is 6.07. The Hall–Kier alpha value is -2.75. The van der Waals surface area contributed by atoms with Crippen LogP contribution in [0.2, 0.25) is 4.34 Å². The molecule has 2 unspecified atom stereocenters. The summed E-state index contributed by atoms with van der Waals surface area (Å²) in [6, 6.07) is -1.55. The van der Waals surface area contributed by atoms with Crippen molar-refractivity contribution in [3.05, 3.63) is 25.5 Å². The minimum Gasteiger partial charge on any atom is -0.477 e. The second-order valence-corrected chi connectivity index (χ2v) is 10.4. The minimum atomic E-state index is -1.25. The van der Waals surface area contributed by atoms with Gasteiger partial charge in [0, 0.05) is 4.91 Å². The first kappa shape index (κ1) is 22.4. The van der Waals surface area contributed by atoms with E-state index in [2.05, 4.69) is 25.0 Å². The molecule has 2 amide bonds. The second-order valence-electron chi connectivity index (χ2n) is 6.70. The number of hydrogen-bond acceptors (Lipinski definition) is 12. The molecule has 5 N–H and O–H groups in total. The summed E-state index contributed by atoms with van der Waals surface area (Å²) < 4.78 is 3.89. The largest absolute Gasteiger partial charge is 0.477 e. The quantitative estimate of drug-likeness (QED) is 0.189. The van der Waals surface area contributed by atoms with E-state index < -0.39 is 35.6 Å². The maximum atomic E-state index is 12.8. The van der Waals surface area contributed by atoms with E-state index in [1.165, 1.54) is 23.3 Å². The highest BCUT2D eigenvalue weighted by Crippen LogP contribution is 2.43. The molecule has 1 fully saturated rings. The zero-order valence-electron chi connectivity index (χ0n) is 16.1. The van der Waals surface area contributed by atoms with Crippen LogP contribution in [-0.2, 0) is 14.4 Å². The van der Waals surface area contributed by atoms with Crippen molar-refractivity contribution in [3.8, 4) is 0 Å². The van der Waals surface area contributed by atoms with Gasteiger partial charge >= 0.3 is 5.97 Å². The molecule has 0 spiro atoms. The molecule has 168 valence electrons. The molecular weight excluding hydrogens is 502 g/mol. The van der Waals surface area contributed by atoms with Crippen molar-refractivity contribution < 1.29 is 24.7 Å². The highest BCUT2D eigenvalue weighted by molar-refractivity contribution is 8.03. The van der Waals surface area contributed by atoms with Crippen LogP contribution < -0.4 is 11.1 Å². The summed E-state index contributed by atoms with van der Waals surface area (Å²) in [6.07, 6.45) is 0.794. The van der Waals surface area contributed by atoms with Crippen LogP contribution in [0, 0.1) is 6.92 Å². The highest BCUT2D eigenvalue weighted by Gasteiger charge is 2.54. The fourth-order valence-corrected chi connectivity index (χ4v) is 5.98. The van der Waals surface area contributed by atoms with E-state index in [-0.39, 0.29) is 20.9 Å². The Morgan fingerprint density at radius 1 is 1.44 bits per heavy atom. The number of halogens is 1. The molecule has 2 aromatic rings. The lowest BCUT2D eigenvalue weighted by molar-refractivity contribution is -0.155. The molecule has 0 radical (unpaired) electrons. The van der Waals surface area contributed by atoms with Gasteiger partial charge in [0.05, 0.1) is 10.9 Å². The zero-order chi connectivity index (χ0) is 23.2. The van der Waals surface area contributed by atoms with Gasteiger partial charge in [0.25, 0.3) is 11.8 Å². The normalized spacial score (nSPS) is 20.8. The van der Waals surface area contributed by atoms with Gasteiger partial charge in [-0.2, -0.15) is 0 Å². The highest BCUT2D eigenvalue weighted by atomic mass is 35.5. The first-order valence-electron chi connectivity index (χ1n) is 8.94. The third kappa shape index (κ3) is 3.80. The summed E-state index contributed by atoms with van der Waals surface area (Å²) in [5.41, 5.74) is 4.81. The van der Waals surface area contributed by atoms with Crippen LogP contribution in [0.15, 0.2) is 20.8 Å². The van der Waals surface area contributed by atoms with Crippen LogP contribution in [-0.4, -0.2) is 65.4 Å². The fraction of sp³-hybridized carbons (Fsp3) is 0.312. The Bertz CT molecular complexity index is 1190. The number of thiazole rings is 1. The molecule has 0 aromatic carbocycles. The van der Waals surface area contributed by atoms with Crippen molar-refractivity contribution in [1.29, 1.82) is 0 Å². The van der Waals surface area contributed by atoms with E-state index in [4.69, 9.17) is 17.3 Å². The number of carbonyl (C=O) groups excluding carboxylic acids is 2. The number of aromatic nitrogens is 3. The van der Waals surface area contributed by atoms with Crippen LogP contribution in [0.1, 0.15) is 23.4 Å². The molecule has 16 heteroatoms. The molecule has 12 nitrogen and oxygen atoms in total. The molecule has 2 aliphatic rings. The van der Waals surface area contributed by atoms with Crippen LogP contribution in [0.4, 0.5) is 5.13 Å². The maximum absolute atomic E-state index is 12.8. The number of oxime groups is 1. The van der Waals surface area contributed by atoms with Crippen molar-refractivity contribution in [3.63, 3.8) is 0 Å². The number of anilines is 1. The molecule has 0 saturated carbocycles. The molecular formula is C16H14ClN7O5S3. The van der Waals surface area contributed by atoms with E-state index in [9.17, 15) is 24.7 Å². The van der Waals surface area contributed by atoms with E-state index in [0.29, 0.717) is 22.8 Å². The number of fused-ring (bicyclic) bond motifs is 1. The lowest BCUT2D eigenvalue weighted by Crippen LogP contribution is -2.72. The van der Waals surface area contributed by atoms with Crippen LogP contribution in [0.5, 0.6) is 0 Å². The molecule has 32 heavy (non-hydrogen) atoms. The number of carbonyl (C=O) groups is 3. The van der Waals surface area contributed by atoms with Gasteiger partial charge in [0.2, 0.25) is 0 Å². The monoisotopic (exact) mass is 515 g/mol. The molecule has 0 bridgehead atoms. The number of nitrogen functional groups attached to an aromatic ring is 1. The first-order valence-corrected chi connectivity index (χ1v) is 11.7. The topological polar surface area (TPSA) is 184 Å². The number of carboxylic acids is 1. The minimum absolute atomic E-state index is 0.0502. The number of carboxylic acid groups (broad SMARTS) is 1. The number of nitrogens with two attached hydrogens (primary N) is 1. The second kappa shape index (κ2) is 8.65. The third-order valence-corrected chi connectivity index (χ3v) is 7.92. The molecule has 0 aliphatic carbocycles. The number of β-lactam (4-membered cyclic amide) rings is 1. The number of hydrogen-bond donors (Lipinski definition) is 4. The lowest BCUT2D eigenvalue weighted by atomic mass is 9.86. The number of allylic oxidation sites excluding steroid dienone is 1. The van der Waals surface area contributed by atoms with Gasteiger partial charge in [0.15, 0.2) is 10.8 Å². The van der Waals surface area contributed by atoms with Crippen molar-refractivity contribution in [2.75, 3.05) is 5.73 Å². The van der Waals surface area contributed by atoms with Crippen LogP contribution in [0.3, 0.4) is 0 Å². The average Bonchev–Trinajstić information content (AvgIpc) is 3.30. The third-order valence-electron chi connectivity index (χ3n) is 4.85. The summed E-state index contributed by atoms with van der Waals surface area (Å²) >= 11 is 9.24. The number of aryl methyl sites for hydroxylation is 1. The maximum Gasteiger partial charge on any atom is 0.353 e. The van der Waals surface area contributed by atoms with Crippen molar-refractivity contribution in [2.45, 2.75) is 36.9 Å². The first-order chi connectivity index (χ1) is 15.2. The Morgan fingerprint density at radius 2 is 2.19 bits per heavy atom. The number of rotatable bonds is 6. The fourth-order valence-electron chi connectivity index (χ4n) is 3.44. The van der Waals surface area contributed by atoms with E-state index in [1.54, 1.807) is 0 Å². The summed E-state index contributed by atoms with van der Waals surface area (Å²) in [5, 5.41) is 29.1. The molecule has 2 atom stereocenters. The van der Waals surface area contributed by atoms with E-state index in [1.807, 2.05) is 6.92 Å². The van der Waals surface area contributed by atoms with Crippen molar-refractivity contribution >= 4 is 74.9 Å². The summed E-state index contributed by atoms with van der Waals surface area (Å²) in [6.45, 7) is 1.82. The molecule has 4 heterocycles.